The molecule has 0 heterocycles. The lowest BCUT2D eigenvalue weighted by Gasteiger charge is -2.12. The van der Waals surface area contributed by atoms with Gasteiger partial charge in [0.15, 0.2) is 0 Å². The predicted molar refractivity (Wildman–Crippen MR) is 60.6 cm³/mol. The maximum absolute atomic E-state index is 10.8. The van der Waals surface area contributed by atoms with Crippen LogP contribution in [0.2, 0.25) is 0 Å². The highest BCUT2D eigenvalue weighted by molar-refractivity contribution is 5.99. The van der Waals surface area contributed by atoms with Crippen molar-refractivity contribution in [3.63, 3.8) is 0 Å². The number of aromatic carboxylic acids is 2. The second-order valence-electron chi connectivity index (χ2n) is 3.62. The van der Waals surface area contributed by atoms with E-state index in [0.717, 1.165) is 12.1 Å². The number of ether oxygens (including phenoxy) is 1. The van der Waals surface area contributed by atoms with Gasteiger partial charge < -0.3 is 30.3 Å². The minimum Gasteiger partial charge on any atom is -0.506 e. The third kappa shape index (κ3) is 3.57. The minimum absolute atomic E-state index is 0.153. The second kappa shape index (κ2) is 6.03. The molecule has 0 amide bonds. The molecule has 1 rings (SSSR count). The Labute approximate surface area is 107 Å². The molecule has 0 saturated carbocycles. The molecule has 1 atom stereocenters. The number of aliphatic hydroxyl groups is 2. The molecule has 0 aliphatic heterocycles. The molecular weight excluding hydrogens is 260 g/mol. The summed E-state index contributed by atoms with van der Waals surface area (Å²) in [7, 11) is 0. The van der Waals surface area contributed by atoms with E-state index < -0.39 is 41.5 Å². The lowest BCUT2D eigenvalue weighted by Crippen LogP contribution is -2.21. The standard InChI is InChI=1S/C11H12O8/c12-3-5(13)4-19-6-1-7(10(15)16)9(14)8(2-6)11(17)18/h1-2,5,12-14H,3-4H2,(H,15,16)(H,17,18). The molecule has 0 fully saturated rings. The van der Waals surface area contributed by atoms with Gasteiger partial charge in [-0.25, -0.2) is 9.59 Å². The summed E-state index contributed by atoms with van der Waals surface area (Å²) < 4.78 is 4.95. The van der Waals surface area contributed by atoms with Gasteiger partial charge >= 0.3 is 11.9 Å². The van der Waals surface area contributed by atoms with Crippen LogP contribution in [0.15, 0.2) is 12.1 Å². The Hall–Kier alpha value is -2.32. The first-order chi connectivity index (χ1) is 8.86. The van der Waals surface area contributed by atoms with Crippen molar-refractivity contribution in [2.24, 2.45) is 0 Å². The number of aliphatic hydroxyl groups excluding tert-OH is 2. The first kappa shape index (κ1) is 14.7. The fraction of sp³-hybridized carbons (Fsp3) is 0.273. The van der Waals surface area contributed by atoms with Crippen LogP contribution in [-0.2, 0) is 0 Å². The van der Waals surface area contributed by atoms with Crippen LogP contribution in [0.4, 0.5) is 0 Å². The van der Waals surface area contributed by atoms with Crippen LogP contribution in [-0.4, -0.2) is 56.8 Å². The van der Waals surface area contributed by atoms with E-state index in [1.165, 1.54) is 0 Å². The Morgan fingerprint density at radius 1 is 1.16 bits per heavy atom. The number of carboxylic acids is 2. The molecule has 1 aromatic rings. The van der Waals surface area contributed by atoms with Crippen LogP contribution in [0.3, 0.4) is 0 Å². The van der Waals surface area contributed by atoms with Gasteiger partial charge in [0, 0.05) is 0 Å². The summed E-state index contributed by atoms with van der Waals surface area (Å²) in [5.41, 5.74) is -1.26. The maximum Gasteiger partial charge on any atom is 0.339 e. The number of benzene rings is 1. The van der Waals surface area contributed by atoms with E-state index in [1.54, 1.807) is 0 Å². The predicted octanol–water partition coefficient (Wildman–Crippen LogP) is -0.479. The molecule has 0 saturated heterocycles. The van der Waals surface area contributed by atoms with Gasteiger partial charge in [0.1, 0.15) is 35.3 Å². The summed E-state index contributed by atoms with van der Waals surface area (Å²) in [5.74, 6) is -4.07. The zero-order chi connectivity index (χ0) is 14.6. The van der Waals surface area contributed by atoms with Crippen LogP contribution < -0.4 is 4.74 Å². The van der Waals surface area contributed by atoms with Gasteiger partial charge in [0.2, 0.25) is 0 Å². The summed E-state index contributed by atoms with van der Waals surface area (Å²) in [4.78, 5) is 21.7. The van der Waals surface area contributed by atoms with Gasteiger partial charge in [-0.3, -0.25) is 0 Å². The van der Waals surface area contributed by atoms with Crippen LogP contribution in [0.1, 0.15) is 20.7 Å². The first-order valence-corrected chi connectivity index (χ1v) is 5.12. The first-order valence-electron chi connectivity index (χ1n) is 5.12. The van der Waals surface area contributed by atoms with Crippen molar-refractivity contribution >= 4 is 11.9 Å². The molecular formula is C11H12O8. The van der Waals surface area contributed by atoms with Crippen molar-refractivity contribution in [1.29, 1.82) is 0 Å². The smallest absolute Gasteiger partial charge is 0.339 e. The second-order valence-corrected chi connectivity index (χ2v) is 3.62. The highest BCUT2D eigenvalue weighted by atomic mass is 16.5. The van der Waals surface area contributed by atoms with Crippen LogP contribution in [0, 0.1) is 0 Å². The third-order valence-corrected chi connectivity index (χ3v) is 2.20. The summed E-state index contributed by atoms with van der Waals surface area (Å²) >= 11 is 0. The molecule has 19 heavy (non-hydrogen) atoms. The van der Waals surface area contributed by atoms with E-state index in [0.29, 0.717) is 0 Å². The Balaban J connectivity index is 3.12. The topological polar surface area (TPSA) is 145 Å². The molecule has 0 aromatic heterocycles. The van der Waals surface area contributed by atoms with Gasteiger partial charge in [0.25, 0.3) is 0 Å². The highest BCUT2D eigenvalue weighted by Gasteiger charge is 2.20. The number of hydrogen-bond acceptors (Lipinski definition) is 6. The summed E-state index contributed by atoms with van der Waals surface area (Å²) in [6, 6.07) is 1.85. The number of aromatic hydroxyl groups is 1. The maximum atomic E-state index is 10.8. The zero-order valence-corrected chi connectivity index (χ0v) is 9.61. The van der Waals surface area contributed by atoms with Crippen LogP contribution >= 0.6 is 0 Å². The molecule has 0 aliphatic carbocycles. The van der Waals surface area contributed by atoms with Crippen molar-refractivity contribution in [3.8, 4) is 11.5 Å². The van der Waals surface area contributed by atoms with E-state index in [1.807, 2.05) is 0 Å². The van der Waals surface area contributed by atoms with E-state index in [4.69, 9.17) is 25.2 Å². The fourth-order valence-electron chi connectivity index (χ4n) is 1.26. The van der Waals surface area contributed by atoms with Gasteiger partial charge in [-0.15, -0.1) is 0 Å². The SMILES string of the molecule is O=C(O)c1cc(OCC(O)CO)cc(C(=O)O)c1O. The number of carbonyl (C=O) groups is 2. The number of carboxylic acid groups (broad SMARTS) is 2. The largest absolute Gasteiger partial charge is 0.506 e. The Morgan fingerprint density at radius 3 is 2.00 bits per heavy atom. The monoisotopic (exact) mass is 272 g/mol. The van der Waals surface area contributed by atoms with E-state index in [-0.39, 0.29) is 12.4 Å². The Morgan fingerprint density at radius 2 is 1.63 bits per heavy atom. The lowest BCUT2D eigenvalue weighted by molar-refractivity contribution is 0.0533. The third-order valence-electron chi connectivity index (χ3n) is 2.20. The molecule has 8 heteroatoms. The molecule has 8 nitrogen and oxygen atoms in total. The van der Waals surface area contributed by atoms with Crippen molar-refractivity contribution in [3.05, 3.63) is 23.3 Å². The minimum atomic E-state index is -1.52. The van der Waals surface area contributed by atoms with Gasteiger partial charge in [-0.05, 0) is 12.1 Å². The van der Waals surface area contributed by atoms with Crippen LogP contribution in [0.5, 0.6) is 11.5 Å². The lowest BCUT2D eigenvalue weighted by atomic mass is 10.1. The molecule has 5 N–H and O–H groups in total. The van der Waals surface area contributed by atoms with Crippen molar-refractivity contribution in [2.45, 2.75) is 6.10 Å². The average molecular weight is 272 g/mol. The normalized spacial score (nSPS) is 11.9. The summed E-state index contributed by atoms with van der Waals surface area (Å²) in [6.45, 7) is -0.908. The van der Waals surface area contributed by atoms with Crippen molar-refractivity contribution < 1.29 is 39.9 Å². The number of phenols is 1. The number of hydrogen-bond donors (Lipinski definition) is 5. The summed E-state index contributed by atoms with van der Waals surface area (Å²) in [6.07, 6.45) is -1.18. The zero-order valence-electron chi connectivity index (χ0n) is 9.61. The quantitative estimate of drug-likeness (QED) is 0.467. The number of rotatable bonds is 6. The molecule has 1 unspecified atom stereocenters. The average Bonchev–Trinajstić information content (AvgIpc) is 2.36. The highest BCUT2D eigenvalue weighted by Crippen LogP contribution is 2.28. The molecule has 0 radical (unpaired) electrons. The van der Waals surface area contributed by atoms with Crippen molar-refractivity contribution in [1.82, 2.24) is 0 Å². The summed E-state index contributed by atoms with van der Waals surface area (Å²) in [5, 5.41) is 44.8. The van der Waals surface area contributed by atoms with E-state index in [2.05, 4.69) is 0 Å². The molecule has 0 aliphatic rings. The van der Waals surface area contributed by atoms with Crippen LogP contribution in [0.25, 0.3) is 0 Å². The Kier molecular flexibility index (Phi) is 4.67. The van der Waals surface area contributed by atoms with E-state index in [9.17, 15) is 14.7 Å². The Bertz CT molecular complexity index is 460. The van der Waals surface area contributed by atoms with Crippen molar-refractivity contribution in [2.75, 3.05) is 13.2 Å². The molecule has 1 aromatic carbocycles. The van der Waals surface area contributed by atoms with E-state index >= 15 is 0 Å². The molecule has 0 spiro atoms. The fourth-order valence-corrected chi connectivity index (χ4v) is 1.26. The van der Waals surface area contributed by atoms with Gasteiger partial charge in [-0.2, -0.15) is 0 Å². The molecule has 104 valence electrons. The molecule has 0 bridgehead atoms. The van der Waals surface area contributed by atoms with Gasteiger partial charge in [-0.1, -0.05) is 0 Å². The van der Waals surface area contributed by atoms with Gasteiger partial charge in [0.05, 0.1) is 6.61 Å².